The molecule has 0 N–H and O–H groups in total. The molecule has 5 nitrogen and oxygen atoms in total. The number of piperidine rings is 1. The van der Waals surface area contributed by atoms with Crippen LogP contribution in [0.25, 0.3) is 5.65 Å². The molecule has 1 saturated heterocycles. The zero-order valence-corrected chi connectivity index (χ0v) is 14.4. The molecule has 1 aliphatic heterocycles. The molecule has 0 saturated carbocycles. The van der Waals surface area contributed by atoms with Gasteiger partial charge >= 0.3 is 6.09 Å². The lowest BCUT2D eigenvalue weighted by Crippen LogP contribution is -2.41. The van der Waals surface area contributed by atoms with Crippen LogP contribution < -0.4 is 0 Å². The highest BCUT2D eigenvalue weighted by atomic mass is 16.6. The number of pyridine rings is 1. The van der Waals surface area contributed by atoms with Crippen LogP contribution in [0.3, 0.4) is 0 Å². The van der Waals surface area contributed by atoms with Crippen LogP contribution >= 0.6 is 0 Å². The Labute approximate surface area is 137 Å². The molecule has 124 valence electrons. The van der Waals surface area contributed by atoms with Gasteiger partial charge in [0.1, 0.15) is 11.2 Å². The molecule has 0 unspecified atom stereocenters. The van der Waals surface area contributed by atoms with Crippen molar-refractivity contribution in [1.29, 1.82) is 0 Å². The fraction of sp³-hybridized carbons (Fsp3) is 0.556. The SMILES string of the molecule is Cc1ccc(C2CCN(C(=O)OC(C)(C)C)CC2)c2nccn12. The fourth-order valence-corrected chi connectivity index (χ4v) is 3.19. The smallest absolute Gasteiger partial charge is 0.410 e. The summed E-state index contributed by atoms with van der Waals surface area (Å²) in [4.78, 5) is 18.5. The lowest BCUT2D eigenvalue weighted by Gasteiger charge is -2.33. The van der Waals surface area contributed by atoms with Crippen LogP contribution in [0.2, 0.25) is 0 Å². The molecule has 0 aliphatic carbocycles. The van der Waals surface area contributed by atoms with Crippen LogP contribution in [0.1, 0.15) is 50.8 Å². The largest absolute Gasteiger partial charge is 0.444 e. The quantitative estimate of drug-likeness (QED) is 0.805. The Hall–Kier alpha value is -2.04. The summed E-state index contributed by atoms with van der Waals surface area (Å²) in [6, 6.07) is 4.33. The predicted octanol–water partition coefficient (Wildman–Crippen LogP) is 3.76. The summed E-state index contributed by atoms with van der Waals surface area (Å²) in [7, 11) is 0. The molecule has 23 heavy (non-hydrogen) atoms. The molecule has 0 atom stereocenters. The van der Waals surface area contributed by atoms with E-state index in [4.69, 9.17) is 4.74 Å². The summed E-state index contributed by atoms with van der Waals surface area (Å²) in [5.74, 6) is 0.444. The minimum atomic E-state index is -0.438. The molecule has 0 radical (unpaired) electrons. The highest BCUT2D eigenvalue weighted by molar-refractivity contribution is 5.68. The topological polar surface area (TPSA) is 46.8 Å². The van der Waals surface area contributed by atoms with Crippen molar-refractivity contribution >= 4 is 11.7 Å². The van der Waals surface area contributed by atoms with Crippen molar-refractivity contribution in [2.75, 3.05) is 13.1 Å². The van der Waals surface area contributed by atoms with E-state index < -0.39 is 5.60 Å². The highest BCUT2D eigenvalue weighted by Gasteiger charge is 2.28. The summed E-state index contributed by atoms with van der Waals surface area (Å²) < 4.78 is 7.60. The second-order valence-corrected chi connectivity index (χ2v) is 7.29. The van der Waals surface area contributed by atoms with E-state index in [1.807, 2.05) is 38.1 Å². The monoisotopic (exact) mass is 315 g/mol. The number of carbonyl (C=O) groups excluding carboxylic acids is 1. The van der Waals surface area contributed by atoms with Crippen molar-refractivity contribution in [3.05, 3.63) is 35.8 Å². The first-order valence-corrected chi connectivity index (χ1v) is 8.25. The van der Waals surface area contributed by atoms with E-state index in [0.29, 0.717) is 5.92 Å². The van der Waals surface area contributed by atoms with E-state index in [0.717, 1.165) is 31.6 Å². The first-order valence-electron chi connectivity index (χ1n) is 8.25. The molecule has 2 aromatic rings. The number of hydrogen-bond acceptors (Lipinski definition) is 3. The summed E-state index contributed by atoms with van der Waals surface area (Å²) in [5, 5.41) is 0. The maximum atomic E-state index is 12.2. The molecule has 2 aromatic heterocycles. The minimum absolute atomic E-state index is 0.203. The maximum absolute atomic E-state index is 12.2. The molecule has 5 heteroatoms. The van der Waals surface area contributed by atoms with Crippen LogP contribution in [0, 0.1) is 6.92 Å². The van der Waals surface area contributed by atoms with Gasteiger partial charge in [0.15, 0.2) is 0 Å². The number of aryl methyl sites for hydroxylation is 1. The van der Waals surface area contributed by atoms with Crippen LogP contribution in [-0.2, 0) is 4.74 Å². The first-order chi connectivity index (χ1) is 10.8. The maximum Gasteiger partial charge on any atom is 0.410 e. The van der Waals surface area contributed by atoms with Gasteiger partial charge in [-0.05, 0) is 58.1 Å². The minimum Gasteiger partial charge on any atom is -0.444 e. The summed E-state index contributed by atoms with van der Waals surface area (Å²) >= 11 is 0. The van der Waals surface area contributed by atoms with Gasteiger partial charge in [0.05, 0.1) is 0 Å². The number of ether oxygens (including phenoxy) is 1. The average Bonchev–Trinajstić information content (AvgIpc) is 2.96. The van der Waals surface area contributed by atoms with Gasteiger partial charge in [-0.1, -0.05) is 6.07 Å². The standard InChI is InChI=1S/C18H25N3O2/c1-13-5-6-15(16-19-9-12-21(13)16)14-7-10-20(11-8-14)17(22)23-18(2,3)4/h5-6,9,12,14H,7-8,10-11H2,1-4H3. The number of hydrogen-bond donors (Lipinski definition) is 0. The zero-order chi connectivity index (χ0) is 16.6. The third kappa shape index (κ3) is 3.33. The summed E-state index contributed by atoms with van der Waals surface area (Å²) in [6.07, 6.45) is 5.55. The normalized spacial score (nSPS) is 16.8. The Bertz CT molecular complexity index is 707. The van der Waals surface area contributed by atoms with Gasteiger partial charge in [-0.3, -0.25) is 0 Å². The number of nitrogens with zero attached hydrogens (tertiary/aromatic N) is 3. The molecule has 3 rings (SSSR count). The zero-order valence-electron chi connectivity index (χ0n) is 14.4. The van der Waals surface area contributed by atoms with Gasteiger partial charge in [0.25, 0.3) is 0 Å². The second-order valence-electron chi connectivity index (χ2n) is 7.29. The van der Waals surface area contributed by atoms with Crippen molar-refractivity contribution in [1.82, 2.24) is 14.3 Å². The molecular formula is C18H25N3O2. The first kappa shape index (κ1) is 15.8. The summed E-state index contributed by atoms with van der Waals surface area (Å²) in [5.41, 5.74) is 3.07. The Morgan fingerprint density at radius 1 is 1.26 bits per heavy atom. The Morgan fingerprint density at radius 2 is 1.96 bits per heavy atom. The van der Waals surface area contributed by atoms with Crippen molar-refractivity contribution < 1.29 is 9.53 Å². The molecule has 1 fully saturated rings. The van der Waals surface area contributed by atoms with Crippen molar-refractivity contribution in [2.24, 2.45) is 0 Å². The number of amides is 1. The predicted molar refractivity (Wildman–Crippen MR) is 89.7 cm³/mol. The number of carbonyl (C=O) groups is 1. The molecule has 0 spiro atoms. The van der Waals surface area contributed by atoms with Crippen molar-refractivity contribution in [3.8, 4) is 0 Å². The third-order valence-electron chi connectivity index (χ3n) is 4.37. The van der Waals surface area contributed by atoms with E-state index in [1.54, 1.807) is 0 Å². The third-order valence-corrected chi connectivity index (χ3v) is 4.37. The molecule has 3 heterocycles. The van der Waals surface area contributed by atoms with E-state index in [2.05, 4.69) is 28.4 Å². The van der Waals surface area contributed by atoms with E-state index in [9.17, 15) is 4.79 Å². The summed E-state index contributed by atoms with van der Waals surface area (Å²) in [6.45, 7) is 9.27. The number of imidazole rings is 1. The van der Waals surface area contributed by atoms with Crippen LogP contribution in [0.5, 0.6) is 0 Å². The molecule has 0 bridgehead atoms. The van der Waals surface area contributed by atoms with Gasteiger partial charge < -0.3 is 14.0 Å². The number of likely N-dealkylation sites (tertiary alicyclic amines) is 1. The van der Waals surface area contributed by atoms with Crippen molar-refractivity contribution in [3.63, 3.8) is 0 Å². The van der Waals surface area contributed by atoms with E-state index in [1.165, 1.54) is 11.3 Å². The number of rotatable bonds is 1. The lowest BCUT2D eigenvalue weighted by molar-refractivity contribution is 0.0205. The Kier molecular flexibility index (Phi) is 4.04. The van der Waals surface area contributed by atoms with Gasteiger partial charge in [-0.15, -0.1) is 0 Å². The number of aromatic nitrogens is 2. The highest BCUT2D eigenvalue weighted by Crippen LogP contribution is 2.31. The number of fused-ring (bicyclic) bond motifs is 1. The van der Waals surface area contributed by atoms with Gasteiger partial charge in [-0.2, -0.15) is 0 Å². The van der Waals surface area contributed by atoms with E-state index in [-0.39, 0.29) is 6.09 Å². The fourth-order valence-electron chi connectivity index (χ4n) is 3.19. The van der Waals surface area contributed by atoms with Crippen LogP contribution in [0.15, 0.2) is 24.5 Å². The lowest BCUT2D eigenvalue weighted by atomic mass is 9.90. The van der Waals surface area contributed by atoms with Gasteiger partial charge in [0.2, 0.25) is 0 Å². The van der Waals surface area contributed by atoms with Crippen LogP contribution in [-0.4, -0.2) is 39.1 Å². The molecule has 1 amide bonds. The van der Waals surface area contributed by atoms with Gasteiger partial charge in [-0.25, -0.2) is 9.78 Å². The molecule has 1 aliphatic rings. The Balaban J connectivity index is 1.70. The molecular weight excluding hydrogens is 290 g/mol. The van der Waals surface area contributed by atoms with Gasteiger partial charge in [0, 0.05) is 31.2 Å². The van der Waals surface area contributed by atoms with Crippen molar-refractivity contribution in [2.45, 2.75) is 52.1 Å². The van der Waals surface area contributed by atoms with Crippen LogP contribution in [0.4, 0.5) is 4.79 Å². The Morgan fingerprint density at radius 3 is 2.61 bits per heavy atom. The van der Waals surface area contributed by atoms with E-state index >= 15 is 0 Å². The average molecular weight is 315 g/mol. The molecule has 0 aromatic carbocycles. The second kappa shape index (κ2) is 5.87.